The average Bonchev–Trinajstić information content (AvgIpc) is 2.34. The van der Waals surface area contributed by atoms with Crippen LogP contribution in [-0.2, 0) is 16.0 Å². The molecule has 0 atom stereocenters. The summed E-state index contributed by atoms with van der Waals surface area (Å²) in [4.78, 5) is 25.8. The van der Waals surface area contributed by atoms with E-state index in [1.54, 1.807) is 18.7 Å². The van der Waals surface area contributed by atoms with E-state index in [-0.39, 0.29) is 18.4 Å². The molecular weight excluding hydrogens is 240 g/mol. The predicted molar refractivity (Wildman–Crippen MR) is 75.0 cm³/mol. The van der Waals surface area contributed by atoms with E-state index in [0.29, 0.717) is 0 Å². The fourth-order valence-corrected chi connectivity index (χ4v) is 2.44. The number of benzene rings is 1. The molecule has 1 aromatic carbocycles. The molecule has 4 heteroatoms. The first-order valence-corrected chi connectivity index (χ1v) is 6.66. The molecule has 0 unspecified atom stereocenters. The maximum Gasteiger partial charge on any atom is 0.252 e. The third-order valence-corrected chi connectivity index (χ3v) is 3.34. The molecule has 0 aliphatic carbocycles. The molecule has 0 aromatic heterocycles. The van der Waals surface area contributed by atoms with Crippen molar-refractivity contribution in [2.45, 2.75) is 39.2 Å². The average molecular weight is 260 g/mol. The quantitative estimate of drug-likeness (QED) is 0.902. The van der Waals surface area contributed by atoms with Gasteiger partial charge in [0, 0.05) is 5.69 Å². The molecule has 0 spiro atoms. The van der Waals surface area contributed by atoms with Crippen LogP contribution in [0.2, 0.25) is 0 Å². The van der Waals surface area contributed by atoms with Gasteiger partial charge in [-0.2, -0.15) is 0 Å². The zero-order chi connectivity index (χ0) is 14.0. The van der Waals surface area contributed by atoms with Crippen molar-refractivity contribution in [3.8, 4) is 0 Å². The van der Waals surface area contributed by atoms with Gasteiger partial charge in [-0.1, -0.05) is 31.5 Å². The summed E-state index contributed by atoms with van der Waals surface area (Å²) in [5.41, 5.74) is 1.13. The Hall–Kier alpha value is -1.84. The summed E-state index contributed by atoms with van der Waals surface area (Å²) >= 11 is 0. The van der Waals surface area contributed by atoms with Crippen molar-refractivity contribution in [3.05, 3.63) is 29.8 Å². The fraction of sp³-hybridized carbons (Fsp3) is 0.467. The number of hydrogen-bond donors (Lipinski definition) is 1. The number of para-hydroxylation sites is 1. The second-order valence-electron chi connectivity index (χ2n) is 5.44. The third-order valence-electron chi connectivity index (χ3n) is 3.34. The molecule has 1 aliphatic rings. The van der Waals surface area contributed by atoms with Gasteiger partial charge in [0.05, 0.1) is 0 Å². The van der Waals surface area contributed by atoms with E-state index in [0.717, 1.165) is 24.1 Å². The van der Waals surface area contributed by atoms with E-state index in [1.165, 1.54) is 0 Å². The van der Waals surface area contributed by atoms with E-state index >= 15 is 0 Å². The minimum absolute atomic E-state index is 0.0596. The van der Waals surface area contributed by atoms with Crippen LogP contribution < -0.4 is 10.2 Å². The Labute approximate surface area is 113 Å². The molecule has 1 fully saturated rings. The Kier molecular flexibility index (Phi) is 3.60. The number of aryl methyl sites for hydroxylation is 1. The maximum absolute atomic E-state index is 12.5. The van der Waals surface area contributed by atoms with Crippen LogP contribution in [0.4, 0.5) is 5.69 Å². The minimum Gasteiger partial charge on any atom is -0.341 e. The van der Waals surface area contributed by atoms with Crippen molar-refractivity contribution in [1.29, 1.82) is 0 Å². The van der Waals surface area contributed by atoms with E-state index in [9.17, 15) is 9.59 Å². The van der Waals surface area contributed by atoms with Crippen molar-refractivity contribution in [2.75, 3.05) is 11.4 Å². The van der Waals surface area contributed by atoms with Crippen LogP contribution in [0.3, 0.4) is 0 Å². The zero-order valence-electron chi connectivity index (χ0n) is 11.7. The molecule has 4 nitrogen and oxygen atoms in total. The Balaban J connectivity index is 2.40. The van der Waals surface area contributed by atoms with E-state index < -0.39 is 5.54 Å². The van der Waals surface area contributed by atoms with E-state index in [2.05, 4.69) is 12.2 Å². The zero-order valence-corrected chi connectivity index (χ0v) is 11.7. The van der Waals surface area contributed by atoms with Crippen LogP contribution in [0.25, 0.3) is 0 Å². The van der Waals surface area contributed by atoms with Gasteiger partial charge in [0.15, 0.2) is 0 Å². The summed E-state index contributed by atoms with van der Waals surface area (Å²) in [7, 11) is 0. The number of amides is 2. The highest BCUT2D eigenvalue weighted by atomic mass is 16.2. The first-order chi connectivity index (χ1) is 8.95. The maximum atomic E-state index is 12.5. The molecule has 1 aromatic rings. The molecule has 1 heterocycles. The molecule has 19 heavy (non-hydrogen) atoms. The summed E-state index contributed by atoms with van der Waals surface area (Å²) in [6.07, 6.45) is 1.91. The largest absolute Gasteiger partial charge is 0.341 e. The Bertz CT molecular complexity index is 509. The highest BCUT2D eigenvalue weighted by Crippen LogP contribution is 2.26. The van der Waals surface area contributed by atoms with Crippen molar-refractivity contribution in [2.24, 2.45) is 0 Å². The normalized spacial score (nSPS) is 18.4. The first kappa shape index (κ1) is 13.6. The highest BCUT2D eigenvalue weighted by Gasteiger charge is 2.40. The molecule has 102 valence electrons. The highest BCUT2D eigenvalue weighted by molar-refractivity contribution is 6.09. The van der Waals surface area contributed by atoms with Crippen LogP contribution in [0.5, 0.6) is 0 Å². The number of hydrogen-bond acceptors (Lipinski definition) is 2. The van der Waals surface area contributed by atoms with Gasteiger partial charge < -0.3 is 10.2 Å². The number of piperazine rings is 1. The van der Waals surface area contributed by atoms with Gasteiger partial charge in [-0.15, -0.1) is 0 Å². The van der Waals surface area contributed by atoms with Crippen LogP contribution in [0.15, 0.2) is 24.3 Å². The minimum atomic E-state index is -0.839. The number of anilines is 1. The van der Waals surface area contributed by atoms with Crippen molar-refractivity contribution in [3.63, 3.8) is 0 Å². The van der Waals surface area contributed by atoms with Crippen LogP contribution in [-0.4, -0.2) is 23.9 Å². The molecule has 1 saturated heterocycles. The topological polar surface area (TPSA) is 49.4 Å². The van der Waals surface area contributed by atoms with Crippen LogP contribution >= 0.6 is 0 Å². The first-order valence-electron chi connectivity index (χ1n) is 6.66. The van der Waals surface area contributed by atoms with Crippen molar-refractivity contribution < 1.29 is 9.59 Å². The van der Waals surface area contributed by atoms with Gasteiger partial charge in [-0.05, 0) is 31.9 Å². The smallest absolute Gasteiger partial charge is 0.252 e. The van der Waals surface area contributed by atoms with Gasteiger partial charge in [0.2, 0.25) is 5.91 Å². The third kappa shape index (κ3) is 2.62. The second kappa shape index (κ2) is 5.03. The number of rotatable bonds is 3. The van der Waals surface area contributed by atoms with Gasteiger partial charge in [0.25, 0.3) is 5.91 Å². The molecule has 1 aliphatic heterocycles. The van der Waals surface area contributed by atoms with Gasteiger partial charge in [-0.25, -0.2) is 0 Å². The second-order valence-corrected chi connectivity index (χ2v) is 5.44. The summed E-state index contributed by atoms with van der Waals surface area (Å²) in [6, 6.07) is 7.80. The van der Waals surface area contributed by atoms with Gasteiger partial charge >= 0.3 is 0 Å². The molecular formula is C15H20N2O2. The number of carbonyl (C=O) groups excluding carboxylic acids is 2. The number of nitrogens with one attached hydrogen (secondary N) is 1. The standard InChI is InChI=1S/C15H20N2O2/c1-4-7-11-8-5-6-9-12(11)17-10-13(18)16-15(2,3)14(17)19/h5-6,8-9H,4,7,10H2,1-3H3,(H,16,18). The van der Waals surface area contributed by atoms with Crippen molar-refractivity contribution in [1.82, 2.24) is 5.32 Å². The van der Waals surface area contributed by atoms with Gasteiger partial charge in [0.1, 0.15) is 12.1 Å². The van der Waals surface area contributed by atoms with Crippen molar-refractivity contribution >= 4 is 17.5 Å². The Morgan fingerprint density at radius 2 is 1.95 bits per heavy atom. The summed E-state index contributed by atoms with van der Waals surface area (Å²) in [5, 5.41) is 2.73. The SMILES string of the molecule is CCCc1ccccc1N1CC(=O)NC(C)(C)C1=O. The van der Waals surface area contributed by atoms with E-state index in [1.807, 2.05) is 24.3 Å². The van der Waals surface area contributed by atoms with E-state index in [4.69, 9.17) is 0 Å². The predicted octanol–water partition coefficient (Wildman–Crippen LogP) is 1.88. The molecule has 0 saturated carbocycles. The summed E-state index contributed by atoms with van der Waals surface area (Å²) in [6.45, 7) is 5.68. The summed E-state index contributed by atoms with van der Waals surface area (Å²) < 4.78 is 0. The molecule has 0 bridgehead atoms. The lowest BCUT2D eigenvalue weighted by Gasteiger charge is -2.38. The van der Waals surface area contributed by atoms with Crippen LogP contribution in [0.1, 0.15) is 32.8 Å². The Morgan fingerprint density at radius 3 is 2.63 bits per heavy atom. The molecule has 2 rings (SSSR count). The lowest BCUT2D eigenvalue weighted by molar-refractivity contribution is -0.134. The van der Waals surface area contributed by atoms with Gasteiger partial charge in [-0.3, -0.25) is 9.59 Å². The molecule has 0 radical (unpaired) electrons. The lowest BCUT2D eigenvalue weighted by atomic mass is 9.98. The number of nitrogens with zero attached hydrogens (tertiary/aromatic N) is 1. The fourth-order valence-electron chi connectivity index (χ4n) is 2.44. The molecule has 1 N–H and O–H groups in total. The monoisotopic (exact) mass is 260 g/mol. The lowest BCUT2D eigenvalue weighted by Crippen LogP contribution is -2.64. The Morgan fingerprint density at radius 1 is 1.26 bits per heavy atom. The van der Waals surface area contributed by atoms with Crippen LogP contribution in [0, 0.1) is 0 Å². The number of carbonyl (C=O) groups is 2. The molecule has 2 amide bonds. The summed E-state index contributed by atoms with van der Waals surface area (Å²) in [5.74, 6) is -0.174.